The molecule has 0 saturated carbocycles. The summed E-state index contributed by atoms with van der Waals surface area (Å²) < 4.78 is 0. The van der Waals surface area contributed by atoms with Crippen LogP contribution in [0.1, 0.15) is 110 Å². The first-order chi connectivity index (χ1) is 16.1. The molecular weight excluding hydrogens is 408 g/mol. The van der Waals surface area contributed by atoms with Crippen molar-refractivity contribution in [1.82, 2.24) is 0 Å². The van der Waals surface area contributed by atoms with Gasteiger partial charge in [-0.05, 0) is 50.0 Å². The van der Waals surface area contributed by atoms with E-state index in [2.05, 4.69) is 19.6 Å². The highest BCUT2D eigenvalue weighted by molar-refractivity contribution is 5.23. The second-order valence-corrected chi connectivity index (χ2v) is 8.79. The van der Waals surface area contributed by atoms with E-state index in [9.17, 15) is 15.3 Å². The number of hydrogen-bond acceptors (Lipinski definition) is 3. The summed E-state index contributed by atoms with van der Waals surface area (Å²) in [5, 5.41) is 28.4. The molecule has 0 amide bonds. The van der Waals surface area contributed by atoms with E-state index in [4.69, 9.17) is 0 Å². The van der Waals surface area contributed by atoms with E-state index in [-0.39, 0.29) is 17.6 Å². The maximum Gasteiger partial charge on any atom is 0.115 e. The van der Waals surface area contributed by atoms with Crippen LogP contribution in [0.25, 0.3) is 0 Å². The van der Waals surface area contributed by atoms with Crippen molar-refractivity contribution in [3.63, 3.8) is 0 Å². The predicted molar refractivity (Wildman–Crippen MR) is 145 cm³/mol. The molecule has 0 aliphatic carbocycles. The Hall–Kier alpha value is -2.00. The zero-order chi connectivity index (χ0) is 24.4. The number of hydrogen-bond donors (Lipinski definition) is 3. The molecule has 3 N–H and O–H groups in total. The van der Waals surface area contributed by atoms with Crippen LogP contribution in [-0.4, -0.2) is 21.4 Å². The highest BCUT2D eigenvalue weighted by atomic mass is 16.3. The Morgan fingerprint density at radius 1 is 0.667 bits per heavy atom. The molecular formula is C30H50O3. The fraction of sp³-hybridized carbons (Fsp3) is 0.600. The lowest BCUT2D eigenvalue weighted by molar-refractivity contribution is 0.156. The summed E-state index contributed by atoms with van der Waals surface area (Å²) >= 11 is 0. The summed E-state index contributed by atoms with van der Waals surface area (Å²) in [5.41, 5.74) is 0. The first-order valence-corrected chi connectivity index (χ1v) is 13.2. The quantitative estimate of drug-likeness (QED) is 0.0860. The Bertz CT molecular complexity index is 596. The van der Waals surface area contributed by atoms with Crippen molar-refractivity contribution in [2.24, 2.45) is 0 Å². The van der Waals surface area contributed by atoms with Gasteiger partial charge in [-0.3, -0.25) is 0 Å². The molecule has 188 valence electrons. The first kappa shape index (κ1) is 31.0. The SMILES string of the molecule is C=C/C(O)=C/C=C/C=C(O)/C=C/C=C/CCCCCCCCCCCCCCCC(O)CC. The maximum absolute atomic E-state index is 9.71. The van der Waals surface area contributed by atoms with Gasteiger partial charge < -0.3 is 15.3 Å². The van der Waals surface area contributed by atoms with Crippen molar-refractivity contribution < 1.29 is 15.3 Å². The number of rotatable bonds is 22. The summed E-state index contributed by atoms with van der Waals surface area (Å²) in [4.78, 5) is 0. The van der Waals surface area contributed by atoms with Crippen molar-refractivity contribution in [1.29, 1.82) is 0 Å². The van der Waals surface area contributed by atoms with Crippen LogP contribution in [-0.2, 0) is 0 Å². The number of unbranched alkanes of at least 4 members (excludes halogenated alkanes) is 13. The lowest BCUT2D eigenvalue weighted by Gasteiger charge is -2.06. The fourth-order valence-electron chi connectivity index (χ4n) is 3.55. The molecule has 0 heterocycles. The zero-order valence-electron chi connectivity index (χ0n) is 21.1. The molecule has 0 aromatic heterocycles. The van der Waals surface area contributed by atoms with Crippen LogP contribution in [0.2, 0.25) is 0 Å². The van der Waals surface area contributed by atoms with Crippen molar-refractivity contribution in [3.05, 3.63) is 72.8 Å². The summed E-state index contributed by atoms with van der Waals surface area (Å²) in [6.45, 7) is 5.50. The van der Waals surface area contributed by atoms with Gasteiger partial charge in [-0.15, -0.1) is 0 Å². The van der Waals surface area contributed by atoms with E-state index in [1.807, 2.05) is 12.2 Å². The molecule has 1 unspecified atom stereocenters. The summed E-state index contributed by atoms with van der Waals surface area (Å²) in [7, 11) is 0. The molecule has 33 heavy (non-hydrogen) atoms. The highest BCUT2D eigenvalue weighted by Crippen LogP contribution is 2.14. The Kier molecular flexibility index (Phi) is 23.1. The normalized spacial score (nSPS) is 14.1. The summed E-state index contributed by atoms with van der Waals surface area (Å²) in [6, 6.07) is 0. The van der Waals surface area contributed by atoms with E-state index in [1.54, 1.807) is 24.3 Å². The monoisotopic (exact) mass is 458 g/mol. The molecule has 0 aromatic carbocycles. The molecule has 0 aliphatic rings. The molecule has 0 radical (unpaired) electrons. The molecule has 0 spiro atoms. The van der Waals surface area contributed by atoms with Gasteiger partial charge in [-0.1, -0.05) is 121 Å². The molecule has 0 aliphatic heterocycles. The first-order valence-electron chi connectivity index (χ1n) is 13.2. The summed E-state index contributed by atoms with van der Waals surface area (Å²) in [6.07, 6.45) is 35.5. The number of aliphatic hydroxyl groups excluding tert-OH is 3. The molecule has 0 saturated heterocycles. The van der Waals surface area contributed by atoms with Gasteiger partial charge >= 0.3 is 0 Å². The van der Waals surface area contributed by atoms with Crippen LogP contribution >= 0.6 is 0 Å². The third-order valence-corrected chi connectivity index (χ3v) is 5.75. The van der Waals surface area contributed by atoms with Crippen molar-refractivity contribution in [3.8, 4) is 0 Å². The average Bonchev–Trinajstić information content (AvgIpc) is 2.82. The Morgan fingerprint density at radius 3 is 1.67 bits per heavy atom. The van der Waals surface area contributed by atoms with Crippen LogP contribution in [0.3, 0.4) is 0 Å². The second-order valence-electron chi connectivity index (χ2n) is 8.79. The van der Waals surface area contributed by atoms with Crippen LogP contribution in [0, 0.1) is 0 Å². The minimum atomic E-state index is -0.0795. The topological polar surface area (TPSA) is 60.7 Å². The Morgan fingerprint density at radius 2 is 1.15 bits per heavy atom. The molecule has 3 nitrogen and oxygen atoms in total. The van der Waals surface area contributed by atoms with E-state index in [1.165, 1.54) is 95.6 Å². The van der Waals surface area contributed by atoms with E-state index in [0.29, 0.717) is 0 Å². The zero-order valence-corrected chi connectivity index (χ0v) is 21.1. The largest absolute Gasteiger partial charge is 0.508 e. The highest BCUT2D eigenvalue weighted by Gasteiger charge is 1.99. The minimum absolute atomic E-state index is 0.0795. The van der Waals surface area contributed by atoms with Gasteiger partial charge in [0.1, 0.15) is 11.5 Å². The second kappa shape index (κ2) is 24.6. The molecule has 3 heteroatoms. The smallest absolute Gasteiger partial charge is 0.115 e. The van der Waals surface area contributed by atoms with E-state index in [0.717, 1.165) is 19.3 Å². The van der Waals surface area contributed by atoms with Crippen LogP contribution in [0.15, 0.2) is 72.8 Å². The third kappa shape index (κ3) is 24.5. The standard InChI is InChI=1S/C30H50O3/c1-3-28(31)24-20-18-16-14-12-10-8-6-5-7-9-11-13-15-17-19-21-26-30(33)27-23-22-25-29(32)4-2/h4,17,19,21-23,25-28,31-33H,2-3,5-16,18,20,24H2,1H3/b19-17+,23-22+,26-21+,29-25-,30-27-. The fourth-order valence-corrected chi connectivity index (χ4v) is 3.55. The lowest BCUT2D eigenvalue weighted by Crippen LogP contribution is -2.03. The van der Waals surface area contributed by atoms with Crippen molar-refractivity contribution in [2.45, 2.75) is 116 Å². The molecule has 0 fully saturated rings. The Balaban J connectivity index is 3.44. The van der Waals surface area contributed by atoms with Gasteiger partial charge in [0, 0.05) is 0 Å². The van der Waals surface area contributed by atoms with Gasteiger partial charge in [0.25, 0.3) is 0 Å². The van der Waals surface area contributed by atoms with Gasteiger partial charge in [0.2, 0.25) is 0 Å². The molecule has 0 bridgehead atoms. The predicted octanol–water partition coefficient (Wildman–Crippen LogP) is 9.35. The molecule has 0 rings (SSSR count). The van der Waals surface area contributed by atoms with Crippen molar-refractivity contribution >= 4 is 0 Å². The van der Waals surface area contributed by atoms with Gasteiger partial charge in [0.15, 0.2) is 0 Å². The van der Waals surface area contributed by atoms with E-state index < -0.39 is 0 Å². The third-order valence-electron chi connectivity index (χ3n) is 5.75. The minimum Gasteiger partial charge on any atom is -0.508 e. The maximum atomic E-state index is 9.71. The number of aliphatic hydroxyl groups is 3. The van der Waals surface area contributed by atoms with Crippen LogP contribution in [0.4, 0.5) is 0 Å². The average molecular weight is 459 g/mol. The van der Waals surface area contributed by atoms with Crippen LogP contribution < -0.4 is 0 Å². The number of allylic oxidation sites excluding steroid dienone is 9. The Labute approximate surface area is 204 Å². The summed E-state index contributed by atoms with van der Waals surface area (Å²) in [5.74, 6) is 0.265. The molecule has 0 aromatic rings. The van der Waals surface area contributed by atoms with Gasteiger partial charge in [0.05, 0.1) is 6.10 Å². The lowest BCUT2D eigenvalue weighted by atomic mass is 10.0. The van der Waals surface area contributed by atoms with Gasteiger partial charge in [-0.25, -0.2) is 0 Å². The van der Waals surface area contributed by atoms with E-state index >= 15 is 0 Å². The van der Waals surface area contributed by atoms with Crippen LogP contribution in [0.5, 0.6) is 0 Å². The van der Waals surface area contributed by atoms with Crippen molar-refractivity contribution in [2.75, 3.05) is 0 Å². The molecule has 1 atom stereocenters. The van der Waals surface area contributed by atoms with Gasteiger partial charge in [-0.2, -0.15) is 0 Å².